The Morgan fingerprint density at radius 2 is 1.74 bits per heavy atom. The summed E-state index contributed by atoms with van der Waals surface area (Å²) < 4.78 is 47.2. The molecular formula is C12H16F2N2O2S. The van der Waals surface area contributed by atoms with Crippen molar-refractivity contribution in [2.24, 2.45) is 0 Å². The summed E-state index contributed by atoms with van der Waals surface area (Å²) in [6.45, 7) is 1.88. The first-order chi connectivity index (χ1) is 9.00. The fourth-order valence-corrected chi connectivity index (χ4v) is 2.77. The Kier molecular flexibility index (Phi) is 4.36. The highest BCUT2D eigenvalue weighted by molar-refractivity contribution is 7.91. The summed E-state index contributed by atoms with van der Waals surface area (Å²) in [5, 5.41) is 6.51. The van der Waals surface area contributed by atoms with Crippen molar-refractivity contribution in [2.75, 3.05) is 18.4 Å². The number of halogens is 2. The Balaban J connectivity index is 2.06. The lowest BCUT2D eigenvalue weighted by molar-refractivity contribution is 0.234. The summed E-state index contributed by atoms with van der Waals surface area (Å²) in [7, 11) is -4.50. The Bertz CT molecular complexity index is 511. The van der Waals surface area contributed by atoms with Crippen LogP contribution < -0.4 is 10.6 Å². The molecule has 1 heterocycles. The van der Waals surface area contributed by atoms with E-state index < -0.39 is 15.6 Å². The van der Waals surface area contributed by atoms with Gasteiger partial charge in [0, 0.05) is 11.7 Å². The number of hydrogen-bond donors (Lipinski definition) is 2. The van der Waals surface area contributed by atoms with Crippen LogP contribution >= 0.6 is 0 Å². The second kappa shape index (κ2) is 5.83. The van der Waals surface area contributed by atoms with Gasteiger partial charge < -0.3 is 10.6 Å². The van der Waals surface area contributed by atoms with E-state index >= 15 is 0 Å². The third-order valence-electron chi connectivity index (χ3n) is 3.13. The number of piperidine rings is 1. The largest absolute Gasteiger partial charge is 0.382 e. The van der Waals surface area contributed by atoms with E-state index in [1.165, 1.54) is 24.3 Å². The summed E-state index contributed by atoms with van der Waals surface area (Å²) in [4.78, 5) is -0.349. The van der Waals surface area contributed by atoms with Crippen LogP contribution in [0.3, 0.4) is 0 Å². The van der Waals surface area contributed by atoms with Gasteiger partial charge in [0.05, 0.1) is 4.90 Å². The monoisotopic (exact) mass is 290 g/mol. The van der Waals surface area contributed by atoms with Crippen molar-refractivity contribution in [1.29, 1.82) is 0 Å². The summed E-state index contributed by atoms with van der Waals surface area (Å²) in [6.07, 6.45) is 1.97. The lowest BCUT2D eigenvalue weighted by atomic mass is 10.1. The van der Waals surface area contributed by atoms with E-state index in [0.29, 0.717) is 6.04 Å². The molecule has 0 spiro atoms. The lowest BCUT2D eigenvalue weighted by Crippen LogP contribution is -2.35. The summed E-state index contributed by atoms with van der Waals surface area (Å²) in [5.74, 6) is -3.38. The number of hydrogen-bond acceptors (Lipinski definition) is 4. The van der Waals surface area contributed by atoms with Gasteiger partial charge in [-0.1, -0.05) is 0 Å². The minimum atomic E-state index is -4.50. The maximum Gasteiger partial charge on any atom is 0.341 e. The maximum atomic E-state index is 12.4. The molecule has 0 aromatic heterocycles. The van der Waals surface area contributed by atoms with Gasteiger partial charge >= 0.3 is 5.76 Å². The molecule has 0 bridgehead atoms. The van der Waals surface area contributed by atoms with Gasteiger partial charge in [-0.3, -0.25) is 0 Å². The van der Waals surface area contributed by atoms with Crippen LogP contribution in [0.2, 0.25) is 0 Å². The van der Waals surface area contributed by atoms with E-state index in [0.717, 1.165) is 31.6 Å². The van der Waals surface area contributed by atoms with Crippen LogP contribution in [0.4, 0.5) is 14.5 Å². The molecule has 0 unspecified atom stereocenters. The molecule has 1 fully saturated rings. The molecule has 1 aromatic rings. The minimum absolute atomic E-state index is 0.332. The molecule has 106 valence electrons. The predicted octanol–water partition coefficient (Wildman–Crippen LogP) is 1.85. The molecule has 1 aliphatic heterocycles. The molecule has 0 radical (unpaired) electrons. The third-order valence-corrected chi connectivity index (χ3v) is 4.53. The first-order valence-corrected chi connectivity index (χ1v) is 7.64. The van der Waals surface area contributed by atoms with Crippen LogP contribution in [0, 0.1) is 0 Å². The number of alkyl halides is 2. The fraction of sp³-hybridized carbons (Fsp3) is 0.500. The maximum absolute atomic E-state index is 12.4. The van der Waals surface area contributed by atoms with Gasteiger partial charge in [0.2, 0.25) is 9.84 Å². The molecule has 19 heavy (non-hydrogen) atoms. The Morgan fingerprint density at radius 3 is 2.26 bits per heavy atom. The second-order valence-corrected chi connectivity index (χ2v) is 6.42. The highest BCUT2D eigenvalue weighted by atomic mass is 32.2. The smallest absolute Gasteiger partial charge is 0.341 e. The molecule has 0 saturated carbocycles. The molecule has 4 nitrogen and oxygen atoms in total. The van der Waals surface area contributed by atoms with Crippen molar-refractivity contribution in [3.63, 3.8) is 0 Å². The van der Waals surface area contributed by atoms with Crippen molar-refractivity contribution in [3.8, 4) is 0 Å². The van der Waals surface area contributed by atoms with Crippen molar-refractivity contribution in [1.82, 2.24) is 5.32 Å². The molecule has 0 amide bonds. The lowest BCUT2D eigenvalue weighted by Gasteiger charge is -2.24. The molecule has 1 aromatic carbocycles. The molecule has 0 aliphatic carbocycles. The van der Waals surface area contributed by atoms with Gasteiger partial charge in [-0.05, 0) is 50.2 Å². The van der Waals surface area contributed by atoms with Crippen molar-refractivity contribution in [3.05, 3.63) is 24.3 Å². The standard InChI is InChI=1S/C12H16F2N2O2S/c13-12(14)19(17,18)11-3-1-9(2-4-11)16-10-5-7-15-8-6-10/h1-4,10,12,15-16H,5-8H2. The zero-order valence-electron chi connectivity index (χ0n) is 10.3. The van der Waals surface area contributed by atoms with E-state index in [9.17, 15) is 17.2 Å². The van der Waals surface area contributed by atoms with Gasteiger partial charge in [0.15, 0.2) is 0 Å². The molecule has 2 N–H and O–H groups in total. The zero-order chi connectivity index (χ0) is 13.9. The number of anilines is 1. The first kappa shape index (κ1) is 14.2. The number of nitrogens with one attached hydrogen (secondary N) is 2. The van der Waals surface area contributed by atoms with Crippen LogP contribution in [-0.2, 0) is 9.84 Å². The van der Waals surface area contributed by atoms with Gasteiger partial charge in [0.1, 0.15) is 0 Å². The molecule has 7 heteroatoms. The highest BCUT2D eigenvalue weighted by Crippen LogP contribution is 2.21. The van der Waals surface area contributed by atoms with Crippen LogP contribution in [-0.4, -0.2) is 33.3 Å². The Morgan fingerprint density at radius 1 is 1.16 bits per heavy atom. The fourth-order valence-electron chi connectivity index (χ4n) is 2.05. The summed E-state index contributed by atoms with van der Waals surface area (Å²) >= 11 is 0. The van der Waals surface area contributed by atoms with Gasteiger partial charge in [0.25, 0.3) is 0 Å². The average Bonchev–Trinajstić information content (AvgIpc) is 2.40. The van der Waals surface area contributed by atoms with Crippen LogP contribution in [0.25, 0.3) is 0 Å². The molecule has 1 saturated heterocycles. The second-order valence-electron chi connectivity index (χ2n) is 4.50. The number of benzene rings is 1. The van der Waals surface area contributed by atoms with Gasteiger partial charge in [-0.25, -0.2) is 8.42 Å². The quantitative estimate of drug-likeness (QED) is 0.888. The van der Waals surface area contributed by atoms with Gasteiger partial charge in [-0.2, -0.15) is 8.78 Å². The van der Waals surface area contributed by atoms with E-state index in [-0.39, 0.29) is 4.90 Å². The Labute approximate surface area is 111 Å². The van der Waals surface area contributed by atoms with Crippen molar-refractivity contribution >= 4 is 15.5 Å². The van der Waals surface area contributed by atoms with E-state index in [4.69, 9.17) is 0 Å². The average molecular weight is 290 g/mol. The highest BCUT2D eigenvalue weighted by Gasteiger charge is 2.26. The van der Waals surface area contributed by atoms with E-state index in [1.54, 1.807) is 0 Å². The zero-order valence-corrected chi connectivity index (χ0v) is 11.1. The van der Waals surface area contributed by atoms with Crippen LogP contribution in [0.1, 0.15) is 12.8 Å². The number of sulfone groups is 1. The van der Waals surface area contributed by atoms with Crippen molar-refractivity contribution < 1.29 is 17.2 Å². The molecule has 1 aliphatic rings. The molecule has 2 rings (SSSR count). The third kappa shape index (κ3) is 3.42. The topological polar surface area (TPSA) is 58.2 Å². The summed E-state index contributed by atoms with van der Waals surface area (Å²) in [6, 6.07) is 5.81. The predicted molar refractivity (Wildman–Crippen MR) is 69.1 cm³/mol. The first-order valence-electron chi connectivity index (χ1n) is 6.09. The van der Waals surface area contributed by atoms with Gasteiger partial charge in [-0.15, -0.1) is 0 Å². The minimum Gasteiger partial charge on any atom is -0.382 e. The SMILES string of the molecule is O=S(=O)(c1ccc(NC2CCNCC2)cc1)C(F)F. The molecular weight excluding hydrogens is 274 g/mol. The van der Waals surface area contributed by atoms with Crippen LogP contribution in [0.5, 0.6) is 0 Å². The van der Waals surface area contributed by atoms with E-state index in [1.807, 2.05) is 0 Å². The summed E-state index contributed by atoms with van der Waals surface area (Å²) in [5.41, 5.74) is 0.750. The Hall–Kier alpha value is -1.21. The normalized spacial score (nSPS) is 17.6. The van der Waals surface area contributed by atoms with Crippen LogP contribution in [0.15, 0.2) is 29.2 Å². The van der Waals surface area contributed by atoms with Crippen molar-refractivity contribution in [2.45, 2.75) is 29.5 Å². The number of rotatable bonds is 4. The van der Waals surface area contributed by atoms with E-state index in [2.05, 4.69) is 10.6 Å². The molecule has 0 atom stereocenters.